The number of thioether (sulfide) groups is 1. The van der Waals surface area contributed by atoms with Crippen LogP contribution in [-0.2, 0) is 0 Å². The molecule has 1 rings (SSSR count). The molecule has 0 aliphatic carbocycles. The number of rotatable bonds is 7. The van der Waals surface area contributed by atoms with Gasteiger partial charge in [-0.25, -0.2) is 4.39 Å². The van der Waals surface area contributed by atoms with Gasteiger partial charge in [-0.2, -0.15) is 11.8 Å². The summed E-state index contributed by atoms with van der Waals surface area (Å²) in [5, 5.41) is 3.38. The van der Waals surface area contributed by atoms with Crippen LogP contribution in [0.5, 0.6) is 5.75 Å². The van der Waals surface area contributed by atoms with Crippen molar-refractivity contribution in [1.29, 1.82) is 0 Å². The molecule has 0 spiro atoms. The Morgan fingerprint density at radius 1 is 1.47 bits per heavy atom. The zero-order chi connectivity index (χ0) is 12.7. The SMILES string of the molecule is COc1ccc(F)cc1C(C)NCCCSC. The van der Waals surface area contributed by atoms with Gasteiger partial charge in [-0.15, -0.1) is 0 Å². The highest BCUT2D eigenvalue weighted by atomic mass is 32.2. The third-order valence-corrected chi connectivity index (χ3v) is 3.33. The van der Waals surface area contributed by atoms with Gasteiger partial charge in [-0.05, 0) is 50.1 Å². The van der Waals surface area contributed by atoms with Crippen LogP contribution in [0.3, 0.4) is 0 Å². The summed E-state index contributed by atoms with van der Waals surface area (Å²) in [4.78, 5) is 0. The Labute approximate surface area is 107 Å². The van der Waals surface area contributed by atoms with E-state index in [1.54, 1.807) is 13.2 Å². The minimum atomic E-state index is -0.224. The Morgan fingerprint density at radius 3 is 2.88 bits per heavy atom. The summed E-state index contributed by atoms with van der Waals surface area (Å²) in [7, 11) is 1.61. The first kappa shape index (κ1) is 14.3. The van der Waals surface area contributed by atoms with Crippen molar-refractivity contribution in [2.24, 2.45) is 0 Å². The van der Waals surface area contributed by atoms with E-state index in [-0.39, 0.29) is 11.9 Å². The summed E-state index contributed by atoms with van der Waals surface area (Å²) in [5.41, 5.74) is 0.872. The smallest absolute Gasteiger partial charge is 0.123 e. The minimum Gasteiger partial charge on any atom is -0.496 e. The largest absolute Gasteiger partial charge is 0.496 e. The fourth-order valence-electron chi connectivity index (χ4n) is 1.69. The number of hydrogen-bond donors (Lipinski definition) is 1. The van der Waals surface area contributed by atoms with Crippen molar-refractivity contribution in [3.05, 3.63) is 29.6 Å². The molecule has 0 aromatic heterocycles. The molecular formula is C13H20FNOS. The summed E-state index contributed by atoms with van der Waals surface area (Å²) in [6, 6.07) is 4.72. The zero-order valence-electron chi connectivity index (χ0n) is 10.6. The number of nitrogens with one attached hydrogen (secondary N) is 1. The van der Waals surface area contributed by atoms with Crippen molar-refractivity contribution in [2.45, 2.75) is 19.4 Å². The minimum absolute atomic E-state index is 0.0995. The van der Waals surface area contributed by atoms with Crippen LogP contribution in [0, 0.1) is 5.82 Å². The van der Waals surface area contributed by atoms with Crippen LogP contribution in [0.15, 0.2) is 18.2 Å². The van der Waals surface area contributed by atoms with E-state index in [0.717, 1.165) is 30.0 Å². The third kappa shape index (κ3) is 4.56. The van der Waals surface area contributed by atoms with Crippen molar-refractivity contribution in [3.63, 3.8) is 0 Å². The van der Waals surface area contributed by atoms with Crippen LogP contribution < -0.4 is 10.1 Å². The molecule has 17 heavy (non-hydrogen) atoms. The van der Waals surface area contributed by atoms with Crippen molar-refractivity contribution in [1.82, 2.24) is 5.32 Å². The van der Waals surface area contributed by atoms with Crippen LogP contribution in [0.2, 0.25) is 0 Å². The Kier molecular flexibility index (Phi) is 6.37. The zero-order valence-corrected chi connectivity index (χ0v) is 11.4. The van der Waals surface area contributed by atoms with Gasteiger partial charge in [-0.3, -0.25) is 0 Å². The lowest BCUT2D eigenvalue weighted by Gasteiger charge is -2.17. The molecular weight excluding hydrogens is 237 g/mol. The molecule has 1 N–H and O–H groups in total. The monoisotopic (exact) mass is 257 g/mol. The van der Waals surface area contributed by atoms with Gasteiger partial charge in [0.25, 0.3) is 0 Å². The van der Waals surface area contributed by atoms with Crippen molar-refractivity contribution in [2.75, 3.05) is 25.7 Å². The predicted octanol–water partition coefficient (Wildman–Crippen LogP) is 3.24. The molecule has 0 heterocycles. The molecule has 1 aromatic carbocycles. The second-order valence-electron chi connectivity index (χ2n) is 3.91. The predicted molar refractivity (Wildman–Crippen MR) is 72.4 cm³/mol. The van der Waals surface area contributed by atoms with Gasteiger partial charge in [0.05, 0.1) is 7.11 Å². The Hall–Kier alpha value is -0.740. The Morgan fingerprint density at radius 2 is 2.24 bits per heavy atom. The van der Waals surface area contributed by atoms with Gasteiger partial charge < -0.3 is 10.1 Å². The fourth-order valence-corrected chi connectivity index (χ4v) is 2.12. The maximum atomic E-state index is 13.2. The fraction of sp³-hybridized carbons (Fsp3) is 0.538. The van der Waals surface area contributed by atoms with Gasteiger partial charge in [0.1, 0.15) is 11.6 Å². The summed E-state index contributed by atoms with van der Waals surface area (Å²) >= 11 is 1.83. The third-order valence-electron chi connectivity index (χ3n) is 2.63. The normalized spacial score (nSPS) is 12.5. The standard InChI is InChI=1S/C13H20FNOS/c1-10(15-7-4-8-17-3)12-9-11(14)5-6-13(12)16-2/h5-6,9-10,15H,4,7-8H2,1-3H3. The van der Waals surface area contributed by atoms with Crippen LogP contribution in [0.25, 0.3) is 0 Å². The van der Waals surface area contributed by atoms with Gasteiger partial charge >= 0.3 is 0 Å². The van der Waals surface area contributed by atoms with Crippen LogP contribution in [-0.4, -0.2) is 25.7 Å². The number of halogens is 1. The number of hydrogen-bond acceptors (Lipinski definition) is 3. The highest BCUT2D eigenvalue weighted by Crippen LogP contribution is 2.25. The first-order valence-corrected chi connectivity index (χ1v) is 7.14. The van der Waals surface area contributed by atoms with Crippen molar-refractivity contribution in [3.8, 4) is 5.75 Å². The molecule has 96 valence electrons. The molecule has 0 saturated carbocycles. The number of methoxy groups -OCH3 is 1. The van der Waals surface area contributed by atoms with E-state index in [9.17, 15) is 4.39 Å². The molecule has 2 nitrogen and oxygen atoms in total. The molecule has 0 saturated heterocycles. The topological polar surface area (TPSA) is 21.3 Å². The van der Waals surface area contributed by atoms with Gasteiger partial charge in [-0.1, -0.05) is 0 Å². The molecule has 0 aliphatic rings. The van der Waals surface area contributed by atoms with E-state index in [0.29, 0.717) is 0 Å². The first-order chi connectivity index (χ1) is 8.19. The molecule has 0 amide bonds. The average molecular weight is 257 g/mol. The van der Waals surface area contributed by atoms with Crippen molar-refractivity contribution < 1.29 is 9.13 Å². The summed E-state index contributed by atoms with van der Waals surface area (Å²) < 4.78 is 18.4. The average Bonchev–Trinajstić information content (AvgIpc) is 2.34. The molecule has 1 aromatic rings. The van der Waals surface area contributed by atoms with E-state index < -0.39 is 0 Å². The summed E-state index contributed by atoms with van der Waals surface area (Å²) in [6.07, 6.45) is 3.21. The maximum absolute atomic E-state index is 13.2. The second kappa shape index (κ2) is 7.56. The van der Waals surface area contributed by atoms with E-state index in [1.807, 2.05) is 18.7 Å². The molecule has 0 aliphatic heterocycles. The lowest BCUT2D eigenvalue weighted by Crippen LogP contribution is -2.21. The van der Waals surface area contributed by atoms with E-state index >= 15 is 0 Å². The van der Waals surface area contributed by atoms with Gasteiger partial charge in [0, 0.05) is 11.6 Å². The van der Waals surface area contributed by atoms with E-state index in [2.05, 4.69) is 11.6 Å². The molecule has 4 heteroatoms. The first-order valence-electron chi connectivity index (χ1n) is 5.74. The summed E-state index contributed by atoms with van der Waals surface area (Å²) in [5.74, 6) is 1.65. The Balaban J connectivity index is 2.60. The molecule has 0 bridgehead atoms. The molecule has 0 radical (unpaired) electrons. The highest BCUT2D eigenvalue weighted by molar-refractivity contribution is 7.98. The van der Waals surface area contributed by atoms with E-state index in [1.165, 1.54) is 12.1 Å². The lowest BCUT2D eigenvalue weighted by atomic mass is 10.1. The van der Waals surface area contributed by atoms with Crippen molar-refractivity contribution >= 4 is 11.8 Å². The number of ether oxygens (including phenoxy) is 1. The maximum Gasteiger partial charge on any atom is 0.123 e. The quantitative estimate of drug-likeness (QED) is 0.758. The van der Waals surface area contributed by atoms with Gasteiger partial charge in [0.15, 0.2) is 0 Å². The number of benzene rings is 1. The Bertz CT molecular complexity index is 346. The molecule has 0 fully saturated rings. The molecule has 1 atom stereocenters. The highest BCUT2D eigenvalue weighted by Gasteiger charge is 2.11. The van der Waals surface area contributed by atoms with Crippen LogP contribution in [0.4, 0.5) is 4.39 Å². The van der Waals surface area contributed by atoms with Crippen LogP contribution >= 0.6 is 11.8 Å². The summed E-state index contributed by atoms with van der Waals surface area (Å²) in [6.45, 7) is 2.96. The lowest BCUT2D eigenvalue weighted by molar-refractivity contribution is 0.400. The van der Waals surface area contributed by atoms with Gasteiger partial charge in [0.2, 0.25) is 0 Å². The van der Waals surface area contributed by atoms with Crippen LogP contribution in [0.1, 0.15) is 24.9 Å². The second-order valence-corrected chi connectivity index (χ2v) is 4.89. The molecule has 1 unspecified atom stereocenters. The van der Waals surface area contributed by atoms with E-state index in [4.69, 9.17) is 4.74 Å².